The Morgan fingerprint density at radius 3 is 2.00 bits per heavy atom. The smallest absolute Gasteiger partial charge is 0.205 e. The molecule has 0 amide bonds. The van der Waals surface area contributed by atoms with E-state index in [9.17, 15) is 12.9 Å². The highest BCUT2D eigenvalue weighted by Gasteiger charge is 2.32. The van der Waals surface area contributed by atoms with E-state index in [0.717, 1.165) is 0 Å². The molecule has 0 aliphatic rings. The van der Waals surface area contributed by atoms with Crippen molar-refractivity contribution < 1.29 is 12.9 Å². The van der Waals surface area contributed by atoms with E-state index in [2.05, 4.69) is 0 Å². The fraction of sp³-hybridized carbons (Fsp3) is 0.143. The van der Waals surface area contributed by atoms with Gasteiger partial charge >= 0.3 is 0 Å². The lowest BCUT2D eigenvalue weighted by Crippen LogP contribution is -2.29. The van der Waals surface area contributed by atoms with Crippen molar-refractivity contribution >= 4 is 21.6 Å². The first-order valence-electron chi connectivity index (χ1n) is 5.93. The predicted molar refractivity (Wildman–Crippen MR) is 76.5 cm³/mol. The zero-order valence-electron chi connectivity index (χ0n) is 10.5. The third-order valence-corrected chi connectivity index (χ3v) is 4.72. The van der Waals surface area contributed by atoms with Crippen LogP contribution in [0, 0.1) is 0 Å². The van der Waals surface area contributed by atoms with Crippen LogP contribution in [0.4, 0.5) is 4.48 Å². The molecule has 1 unspecified atom stereocenters. The van der Waals surface area contributed by atoms with E-state index in [4.69, 9.17) is 11.6 Å². The summed E-state index contributed by atoms with van der Waals surface area (Å²) < 4.78 is 38.6. The van der Waals surface area contributed by atoms with Gasteiger partial charge in [0.25, 0.3) is 10.0 Å². The topological polar surface area (TPSA) is 37.4 Å². The van der Waals surface area contributed by atoms with E-state index < -0.39 is 16.1 Å². The van der Waals surface area contributed by atoms with Crippen molar-refractivity contribution in [3.8, 4) is 0 Å². The Balaban J connectivity index is 2.36. The minimum atomic E-state index is -4.22. The Morgan fingerprint density at radius 1 is 1.00 bits per heavy atom. The van der Waals surface area contributed by atoms with Crippen molar-refractivity contribution in [2.24, 2.45) is 0 Å². The lowest BCUT2D eigenvalue weighted by atomic mass is 10.1. The van der Waals surface area contributed by atoms with E-state index >= 15 is 0 Å². The van der Waals surface area contributed by atoms with Crippen molar-refractivity contribution in [2.75, 3.05) is 5.88 Å². The molecule has 1 atom stereocenters. The summed E-state index contributed by atoms with van der Waals surface area (Å²) in [6, 6.07) is 14.8. The zero-order valence-corrected chi connectivity index (χ0v) is 12.1. The van der Waals surface area contributed by atoms with E-state index in [1.807, 2.05) is 0 Å². The van der Waals surface area contributed by atoms with Gasteiger partial charge in [0.1, 0.15) is 0 Å². The summed E-state index contributed by atoms with van der Waals surface area (Å²) in [6.45, 7) is 0. The van der Waals surface area contributed by atoms with Gasteiger partial charge < -0.3 is 0 Å². The van der Waals surface area contributed by atoms with Crippen molar-refractivity contribution in [2.45, 2.75) is 10.9 Å². The van der Waals surface area contributed by atoms with Crippen LogP contribution in [-0.4, -0.2) is 18.8 Å². The minimum Gasteiger partial charge on any atom is -0.205 e. The second-order valence-corrected chi connectivity index (χ2v) is 6.22. The van der Waals surface area contributed by atoms with Crippen LogP contribution in [-0.2, 0) is 10.0 Å². The Hall–Kier alpha value is -1.43. The molecule has 0 saturated carbocycles. The van der Waals surface area contributed by atoms with E-state index in [1.165, 1.54) is 12.1 Å². The number of rotatable bonds is 5. The Labute approximate surface area is 122 Å². The lowest BCUT2D eigenvalue weighted by Gasteiger charge is -2.21. The Kier molecular flexibility index (Phi) is 4.75. The van der Waals surface area contributed by atoms with E-state index in [0.29, 0.717) is 5.56 Å². The van der Waals surface area contributed by atoms with Crippen LogP contribution < -0.4 is 0 Å². The maximum atomic E-state index is 14.4. The molecule has 20 heavy (non-hydrogen) atoms. The summed E-state index contributed by atoms with van der Waals surface area (Å²) in [5, 5.41) is 0. The van der Waals surface area contributed by atoms with Crippen LogP contribution in [0.15, 0.2) is 65.6 Å². The summed E-state index contributed by atoms with van der Waals surface area (Å²) in [4.78, 5) is -0.103. The Morgan fingerprint density at radius 2 is 1.50 bits per heavy atom. The molecule has 106 valence electrons. The molecule has 2 rings (SSSR count). The highest BCUT2D eigenvalue weighted by Crippen LogP contribution is 2.28. The van der Waals surface area contributed by atoms with Gasteiger partial charge in [0.05, 0.1) is 10.9 Å². The molecule has 0 radical (unpaired) electrons. The summed E-state index contributed by atoms with van der Waals surface area (Å²) in [7, 11) is -4.22. The monoisotopic (exact) mass is 313 g/mol. The molecule has 6 heteroatoms. The number of hydrogen-bond donors (Lipinski definition) is 0. The second kappa shape index (κ2) is 6.35. The van der Waals surface area contributed by atoms with Crippen LogP contribution in [0.25, 0.3) is 0 Å². The zero-order chi connectivity index (χ0) is 14.6. The normalized spacial score (nSPS) is 13.3. The van der Waals surface area contributed by atoms with Gasteiger partial charge in [-0.25, -0.2) is 8.42 Å². The van der Waals surface area contributed by atoms with Crippen molar-refractivity contribution in [1.82, 2.24) is 4.53 Å². The molecule has 0 aliphatic heterocycles. The van der Waals surface area contributed by atoms with Crippen LogP contribution in [0.1, 0.15) is 11.6 Å². The van der Waals surface area contributed by atoms with Gasteiger partial charge in [0.15, 0.2) is 0 Å². The number of alkyl halides is 1. The third-order valence-electron chi connectivity index (χ3n) is 2.85. The first kappa shape index (κ1) is 15.0. The largest absolute Gasteiger partial charge is 0.269 e. The first-order chi connectivity index (χ1) is 9.57. The molecule has 0 heterocycles. The third kappa shape index (κ3) is 3.00. The van der Waals surface area contributed by atoms with Gasteiger partial charge in [-0.15, -0.1) is 16.1 Å². The lowest BCUT2D eigenvalue weighted by molar-refractivity contribution is 0.0946. The van der Waals surface area contributed by atoms with E-state index in [-0.39, 0.29) is 15.3 Å². The van der Waals surface area contributed by atoms with Gasteiger partial charge in [-0.3, -0.25) is 0 Å². The maximum absolute atomic E-state index is 14.4. The van der Waals surface area contributed by atoms with Crippen molar-refractivity contribution in [1.29, 1.82) is 0 Å². The summed E-state index contributed by atoms with van der Waals surface area (Å²) in [5.74, 6) is -0.174. The standard InChI is InChI=1S/C14H13ClFNO2S/c15-11-14(12-7-3-1-4-8-12)17(16)20(18,19)13-9-5-2-6-10-13/h1-10,14H,11H2. The fourth-order valence-corrected chi connectivity index (χ4v) is 3.41. The van der Waals surface area contributed by atoms with E-state index in [1.54, 1.807) is 48.5 Å². The quantitative estimate of drug-likeness (QED) is 0.625. The van der Waals surface area contributed by atoms with Gasteiger partial charge in [-0.2, -0.15) is 0 Å². The van der Waals surface area contributed by atoms with Crippen LogP contribution in [0.2, 0.25) is 0 Å². The van der Waals surface area contributed by atoms with Gasteiger partial charge in [-0.05, 0) is 22.2 Å². The van der Waals surface area contributed by atoms with Gasteiger partial charge in [0, 0.05) is 5.88 Å². The number of benzene rings is 2. The first-order valence-corrected chi connectivity index (χ1v) is 7.91. The number of hydrogen-bond acceptors (Lipinski definition) is 2. The van der Waals surface area contributed by atoms with Crippen molar-refractivity contribution in [3.63, 3.8) is 0 Å². The highest BCUT2D eigenvalue weighted by atomic mass is 35.5. The van der Waals surface area contributed by atoms with Crippen LogP contribution >= 0.6 is 11.6 Å². The van der Waals surface area contributed by atoms with Crippen molar-refractivity contribution in [3.05, 3.63) is 66.2 Å². The molecule has 0 spiro atoms. The molecule has 0 fully saturated rings. The molecular weight excluding hydrogens is 301 g/mol. The molecular formula is C14H13ClFNO2S. The van der Waals surface area contributed by atoms with Crippen LogP contribution in [0.5, 0.6) is 0 Å². The molecule has 0 aliphatic carbocycles. The summed E-state index contributed by atoms with van der Waals surface area (Å²) in [6.07, 6.45) is 0. The Bertz CT molecular complexity index is 649. The average Bonchev–Trinajstić information content (AvgIpc) is 2.50. The molecule has 0 aromatic heterocycles. The maximum Gasteiger partial charge on any atom is 0.269 e. The molecule has 2 aromatic rings. The van der Waals surface area contributed by atoms with Crippen LogP contribution in [0.3, 0.4) is 0 Å². The molecule has 0 N–H and O–H groups in total. The summed E-state index contributed by atoms with van der Waals surface area (Å²) in [5.41, 5.74) is 0.504. The predicted octanol–water partition coefficient (Wildman–Crippen LogP) is 3.54. The highest BCUT2D eigenvalue weighted by molar-refractivity contribution is 7.89. The molecule has 0 saturated heterocycles. The second-order valence-electron chi connectivity index (χ2n) is 4.14. The number of nitrogens with zero attached hydrogens (tertiary/aromatic N) is 1. The van der Waals surface area contributed by atoms with Gasteiger partial charge in [-0.1, -0.05) is 48.5 Å². The summed E-state index contributed by atoms with van der Waals surface area (Å²) >= 11 is 5.74. The number of halogens is 2. The molecule has 3 nitrogen and oxygen atoms in total. The van der Waals surface area contributed by atoms with Gasteiger partial charge in [0.2, 0.25) is 0 Å². The SMILES string of the molecule is O=S(=O)(c1ccccc1)N(F)C(CCl)c1ccccc1. The molecule has 2 aromatic carbocycles. The fourth-order valence-electron chi connectivity index (χ4n) is 1.80. The molecule has 0 bridgehead atoms. The average molecular weight is 314 g/mol. The minimum absolute atomic E-state index is 0.103. The number of sulfonamides is 1.